The molecule has 3 unspecified atom stereocenters. The second kappa shape index (κ2) is 5.31. The zero-order valence-corrected chi connectivity index (χ0v) is 10.8. The lowest BCUT2D eigenvalue weighted by Crippen LogP contribution is -2.49. The molecule has 98 valence electrons. The number of nitrogens with one attached hydrogen (secondary N) is 1. The van der Waals surface area contributed by atoms with E-state index in [4.69, 9.17) is 10.00 Å². The lowest BCUT2D eigenvalue weighted by Gasteiger charge is -2.26. The molecule has 0 saturated carbocycles. The number of hydrogen-bond donors (Lipinski definition) is 2. The molecule has 1 saturated heterocycles. The van der Waals surface area contributed by atoms with Crippen LogP contribution in [0.15, 0.2) is 0 Å². The van der Waals surface area contributed by atoms with E-state index in [1.165, 1.54) is 0 Å². The Morgan fingerprint density at radius 1 is 1.71 bits per heavy atom. The van der Waals surface area contributed by atoms with Crippen molar-refractivity contribution in [2.75, 3.05) is 13.2 Å². The molecular weight excluding hydrogens is 244 g/mol. The quantitative estimate of drug-likeness (QED) is 0.711. The Kier molecular flexibility index (Phi) is 4.49. The normalized spacial score (nSPS) is 31.1. The number of nitriles is 1. The summed E-state index contributed by atoms with van der Waals surface area (Å²) in [5, 5.41) is 17.7. The van der Waals surface area contributed by atoms with Crippen LogP contribution in [0.4, 0.5) is 0 Å². The number of aliphatic hydroxyl groups is 1. The Balaban J connectivity index is 2.65. The summed E-state index contributed by atoms with van der Waals surface area (Å²) in [6.07, 6.45) is 0.198. The zero-order valence-electron chi connectivity index (χ0n) is 10.0. The summed E-state index contributed by atoms with van der Waals surface area (Å²) in [6, 6.07) is 1.73. The predicted molar refractivity (Wildman–Crippen MR) is 61.6 cm³/mol. The number of sulfonamides is 1. The van der Waals surface area contributed by atoms with Crippen LogP contribution >= 0.6 is 0 Å². The van der Waals surface area contributed by atoms with Gasteiger partial charge in [0.2, 0.25) is 10.0 Å². The minimum Gasteiger partial charge on any atom is -0.386 e. The van der Waals surface area contributed by atoms with Crippen molar-refractivity contribution in [3.63, 3.8) is 0 Å². The van der Waals surface area contributed by atoms with Gasteiger partial charge >= 0.3 is 0 Å². The average molecular weight is 262 g/mol. The lowest BCUT2D eigenvalue weighted by atomic mass is 9.97. The largest absolute Gasteiger partial charge is 0.386 e. The van der Waals surface area contributed by atoms with E-state index in [0.29, 0.717) is 13.0 Å². The molecule has 1 aliphatic rings. The van der Waals surface area contributed by atoms with Gasteiger partial charge in [0.15, 0.2) is 5.25 Å². The molecule has 1 fully saturated rings. The molecule has 1 rings (SSSR count). The van der Waals surface area contributed by atoms with Crippen LogP contribution in [0.5, 0.6) is 0 Å². The van der Waals surface area contributed by atoms with Crippen molar-refractivity contribution in [3.05, 3.63) is 0 Å². The molecule has 3 atom stereocenters. The molecule has 17 heavy (non-hydrogen) atoms. The summed E-state index contributed by atoms with van der Waals surface area (Å²) in [4.78, 5) is 0. The van der Waals surface area contributed by atoms with Crippen molar-refractivity contribution in [1.82, 2.24) is 4.72 Å². The van der Waals surface area contributed by atoms with Crippen molar-refractivity contribution in [3.8, 4) is 6.07 Å². The molecule has 0 aromatic rings. The molecule has 0 aromatic carbocycles. The van der Waals surface area contributed by atoms with Gasteiger partial charge in [-0.15, -0.1) is 0 Å². The van der Waals surface area contributed by atoms with Gasteiger partial charge in [0.25, 0.3) is 0 Å². The van der Waals surface area contributed by atoms with E-state index in [2.05, 4.69) is 4.72 Å². The maximum atomic E-state index is 11.7. The van der Waals surface area contributed by atoms with Gasteiger partial charge in [-0.05, 0) is 13.3 Å². The Morgan fingerprint density at radius 3 is 2.76 bits per heavy atom. The minimum absolute atomic E-state index is 0.116. The zero-order chi connectivity index (χ0) is 13.1. The van der Waals surface area contributed by atoms with Gasteiger partial charge in [-0.1, -0.05) is 6.92 Å². The van der Waals surface area contributed by atoms with Crippen molar-refractivity contribution in [2.45, 2.75) is 43.6 Å². The number of nitrogens with zero attached hydrogens (tertiary/aromatic N) is 1. The molecule has 0 aromatic heterocycles. The molecule has 0 amide bonds. The van der Waals surface area contributed by atoms with Gasteiger partial charge in [0, 0.05) is 19.6 Å². The predicted octanol–water partition coefficient (Wildman–Crippen LogP) is -0.252. The summed E-state index contributed by atoms with van der Waals surface area (Å²) >= 11 is 0. The lowest BCUT2D eigenvalue weighted by molar-refractivity contribution is -0.0228. The maximum Gasteiger partial charge on any atom is 0.228 e. The number of ether oxygens (including phenoxy) is 1. The first kappa shape index (κ1) is 14.4. The van der Waals surface area contributed by atoms with Crippen LogP contribution in [0.2, 0.25) is 0 Å². The molecule has 0 spiro atoms. The fourth-order valence-corrected chi connectivity index (χ4v) is 2.94. The molecule has 0 radical (unpaired) electrons. The van der Waals surface area contributed by atoms with E-state index in [1.54, 1.807) is 19.9 Å². The van der Waals surface area contributed by atoms with Crippen LogP contribution in [0, 0.1) is 11.3 Å². The van der Waals surface area contributed by atoms with Crippen molar-refractivity contribution in [1.29, 1.82) is 5.26 Å². The van der Waals surface area contributed by atoms with Crippen LogP contribution in [-0.4, -0.2) is 43.6 Å². The molecule has 1 aliphatic heterocycles. The second-order valence-corrected chi connectivity index (χ2v) is 6.21. The molecule has 7 heteroatoms. The highest BCUT2D eigenvalue weighted by molar-refractivity contribution is 7.90. The standard InChI is InChI=1S/C10H18N2O4S/c1-3-9(6-11)17(14,15)12-7-10(13)4-5-16-8(10)2/h8-9,12-13H,3-5,7H2,1-2H3. The first-order chi connectivity index (χ1) is 7.85. The van der Waals surface area contributed by atoms with Crippen molar-refractivity contribution >= 4 is 10.0 Å². The molecule has 1 heterocycles. The van der Waals surface area contributed by atoms with E-state index >= 15 is 0 Å². The summed E-state index contributed by atoms with van der Waals surface area (Å²) in [6.45, 7) is 3.62. The third-order valence-electron chi connectivity index (χ3n) is 3.13. The fraction of sp³-hybridized carbons (Fsp3) is 0.900. The third kappa shape index (κ3) is 3.16. The Morgan fingerprint density at radius 2 is 2.35 bits per heavy atom. The van der Waals surface area contributed by atoms with Crippen LogP contribution in [0.25, 0.3) is 0 Å². The van der Waals surface area contributed by atoms with Crippen LogP contribution in [-0.2, 0) is 14.8 Å². The first-order valence-electron chi connectivity index (χ1n) is 5.58. The number of hydrogen-bond acceptors (Lipinski definition) is 5. The molecule has 2 N–H and O–H groups in total. The third-order valence-corrected chi connectivity index (χ3v) is 4.86. The van der Waals surface area contributed by atoms with Crippen LogP contribution in [0.1, 0.15) is 26.7 Å². The minimum atomic E-state index is -3.70. The van der Waals surface area contributed by atoms with E-state index in [0.717, 1.165) is 0 Å². The van der Waals surface area contributed by atoms with Gasteiger partial charge in [-0.2, -0.15) is 5.26 Å². The van der Waals surface area contributed by atoms with E-state index in [9.17, 15) is 13.5 Å². The smallest absolute Gasteiger partial charge is 0.228 e. The number of rotatable bonds is 5. The average Bonchev–Trinajstić information content (AvgIpc) is 2.59. The highest BCUT2D eigenvalue weighted by Gasteiger charge is 2.40. The fourth-order valence-electron chi connectivity index (χ4n) is 1.71. The van der Waals surface area contributed by atoms with Gasteiger partial charge in [-0.3, -0.25) is 0 Å². The van der Waals surface area contributed by atoms with Crippen LogP contribution in [0.3, 0.4) is 0 Å². The summed E-state index contributed by atoms with van der Waals surface area (Å²) in [7, 11) is -3.70. The molecule has 6 nitrogen and oxygen atoms in total. The summed E-state index contributed by atoms with van der Waals surface area (Å²) < 4.78 is 30.9. The maximum absolute atomic E-state index is 11.7. The van der Waals surface area contributed by atoms with Gasteiger partial charge < -0.3 is 9.84 Å². The Bertz CT molecular complexity index is 403. The summed E-state index contributed by atoms with van der Waals surface area (Å²) in [5.41, 5.74) is -1.18. The topological polar surface area (TPSA) is 99.4 Å². The highest BCUT2D eigenvalue weighted by atomic mass is 32.2. The van der Waals surface area contributed by atoms with Crippen LogP contribution < -0.4 is 4.72 Å². The van der Waals surface area contributed by atoms with E-state index < -0.39 is 27.0 Å². The summed E-state index contributed by atoms with van der Waals surface area (Å²) in [5.74, 6) is 0. The van der Waals surface area contributed by atoms with Gasteiger partial charge in [-0.25, -0.2) is 13.1 Å². The Hall–Kier alpha value is -0.680. The van der Waals surface area contributed by atoms with Gasteiger partial charge in [0.1, 0.15) is 5.60 Å². The molecule has 0 bridgehead atoms. The highest BCUT2D eigenvalue weighted by Crippen LogP contribution is 2.25. The first-order valence-corrected chi connectivity index (χ1v) is 7.12. The molecular formula is C10H18N2O4S. The second-order valence-electron chi connectivity index (χ2n) is 4.26. The van der Waals surface area contributed by atoms with E-state index in [1.807, 2.05) is 0 Å². The van der Waals surface area contributed by atoms with E-state index in [-0.39, 0.29) is 13.0 Å². The SMILES string of the molecule is CCC(C#N)S(=O)(=O)NCC1(O)CCOC1C. The molecule has 0 aliphatic carbocycles. The Labute approximate surface area is 102 Å². The van der Waals surface area contributed by atoms with Crippen molar-refractivity contribution in [2.24, 2.45) is 0 Å². The monoisotopic (exact) mass is 262 g/mol. The van der Waals surface area contributed by atoms with Gasteiger partial charge in [0.05, 0.1) is 12.2 Å². The van der Waals surface area contributed by atoms with Crippen molar-refractivity contribution < 1.29 is 18.3 Å².